The Hall–Kier alpha value is -1.88. The van der Waals surface area contributed by atoms with E-state index in [1.54, 1.807) is 0 Å². The summed E-state index contributed by atoms with van der Waals surface area (Å²) in [6, 6.07) is 9.47. The standard InChI is InChI=1S/C18H27NO4/c1-3-4-13-23-18(21)16(11-8-12-17(20)22-2)19-14-15-9-6-5-7-10-15/h5-7,9-10,16,19H,3-4,8,11-14H2,1-2H3. The van der Waals surface area contributed by atoms with E-state index in [1.165, 1.54) is 7.11 Å². The Morgan fingerprint density at radius 1 is 1.17 bits per heavy atom. The molecule has 1 N–H and O–H groups in total. The summed E-state index contributed by atoms with van der Waals surface area (Å²) < 4.78 is 9.92. The van der Waals surface area contributed by atoms with Crippen LogP contribution >= 0.6 is 0 Å². The van der Waals surface area contributed by atoms with E-state index in [9.17, 15) is 9.59 Å². The van der Waals surface area contributed by atoms with Gasteiger partial charge in [0.05, 0.1) is 13.7 Å². The number of nitrogens with one attached hydrogen (secondary N) is 1. The lowest BCUT2D eigenvalue weighted by Gasteiger charge is -2.17. The van der Waals surface area contributed by atoms with E-state index in [2.05, 4.69) is 17.0 Å². The SMILES string of the molecule is CCCCOC(=O)C(CCCC(=O)OC)NCc1ccccc1. The Morgan fingerprint density at radius 3 is 2.57 bits per heavy atom. The van der Waals surface area contributed by atoms with E-state index in [0.29, 0.717) is 32.4 Å². The summed E-state index contributed by atoms with van der Waals surface area (Å²) >= 11 is 0. The Balaban J connectivity index is 2.49. The van der Waals surface area contributed by atoms with Crippen LogP contribution in [-0.4, -0.2) is 31.7 Å². The molecule has 128 valence electrons. The van der Waals surface area contributed by atoms with Crippen LogP contribution in [0.4, 0.5) is 0 Å². The van der Waals surface area contributed by atoms with Gasteiger partial charge in [-0.2, -0.15) is 0 Å². The van der Waals surface area contributed by atoms with Gasteiger partial charge in [-0.3, -0.25) is 9.59 Å². The fraction of sp³-hybridized carbons (Fsp3) is 0.556. The highest BCUT2D eigenvalue weighted by Gasteiger charge is 2.19. The number of hydrogen-bond donors (Lipinski definition) is 1. The van der Waals surface area contributed by atoms with Crippen molar-refractivity contribution in [2.75, 3.05) is 13.7 Å². The van der Waals surface area contributed by atoms with Gasteiger partial charge in [-0.25, -0.2) is 0 Å². The lowest BCUT2D eigenvalue weighted by atomic mass is 10.1. The molecular formula is C18H27NO4. The van der Waals surface area contributed by atoms with Crippen LogP contribution in [0.25, 0.3) is 0 Å². The molecule has 0 heterocycles. The molecule has 1 aromatic rings. The summed E-state index contributed by atoms with van der Waals surface area (Å²) in [7, 11) is 1.37. The number of carbonyl (C=O) groups excluding carboxylic acids is 2. The number of ether oxygens (including phenoxy) is 2. The van der Waals surface area contributed by atoms with Gasteiger partial charge in [-0.05, 0) is 24.8 Å². The molecule has 0 aliphatic carbocycles. The second-order valence-corrected chi connectivity index (χ2v) is 5.41. The maximum Gasteiger partial charge on any atom is 0.323 e. The summed E-state index contributed by atoms with van der Waals surface area (Å²) in [5, 5.41) is 3.23. The molecule has 5 heteroatoms. The Morgan fingerprint density at radius 2 is 1.91 bits per heavy atom. The molecule has 1 aromatic carbocycles. The molecule has 23 heavy (non-hydrogen) atoms. The van der Waals surface area contributed by atoms with Crippen LogP contribution in [0.15, 0.2) is 30.3 Å². The van der Waals surface area contributed by atoms with E-state index in [0.717, 1.165) is 18.4 Å². The zero-order valence-corrected chi connectivity index (χ0v) is 14.0. The lowest BCUT2D eigenvalue weighted by Crippen LogP contribution is -2.38. The van der Waals surface area contributed by atoms with Crippen LogP contribution in [0, 0.1) is 0 Å². The van der Waals surface area contributed by atoms with Crippen LogP contribution < -0.4 is 5.32 Å². The summed E-state index contributed by atoms with van der Waals surface area (Å²) in [5.41, 5.74) is 1.10. The summed E-state index contributed by atoms with van der Waals surface area (Å²) in [6.45, 7) is 3.08. The predicted molar refractivity (Wildman–Crippen MR) is 88.8 cm³/mol. The molecule has 0 spiro atoms. The van der Waals surface area contributed by atoms with E-state index in [-0.39, 0.29) is 11.9 Å². The van der Waals surface area contributed by atoms with Crippen molar-refractivity contribution in [1.82, 2.24) is 5.32 Å². The normalized spacial score (nSPS) is 11.7. The fourth-order valence-corrected chi connectivity index (χ4v) is 2.11. The highest BCUT2D eigenvalue weighted by molar-refractivity contribution is 5.76. The minimum absolute atomic E-state index is 0.251. The molecular weight excluding hydrogens is 294 g/mol. The predicted octanol–water partition coefficient (Wildman–Crippen LogP) is 2.83. The maximum absolute atomic E-state index is 12.2. The monoisotopic (exact) mass is 321 g/mol. The van der Waals surface area contributed by atoms with Crippen molar-refractivity contribution >= 4 is 11.9 Å². The minimum atomic E-state index is -0.406. The van der Waals surface area contributed by atoms with Crippen molar-refractivity contribution in [2.45, 2.75) is 51.6 Å². The van der Waals surface area contributed by atoms with Crippen LogP contribution in [0.5, 0.6) is 0 Å². The first kappa shape index (κ1) is 19.2. The van der Waals surface area contributed by atoms with Crippen LogP contribution in [0.1, 0.15) is 44.6 Å². The third kappa shape index (κ3) is 8.35. The molecule has 0 amide bonds. The molecule has 0 aliphatic rings. The topological polar surface area (TPSA) is 64.6 Å². The number of benzene rings is 1. The molecule has 0 bridgehead atoms. The molecule has 0 aromatic heterocycles. The Bertz CT molecular complexity index is 461. The quantitative estimate of drug-likeness (QED) is 0.501. The number of hydrogen-bond acceptors (Lipinski definition) is 5. The van der Waals surface area contributed by atoms with Crippen LogP contribution in [-0.2, 0) is 25.6 Å². The second-order valence-electron chi connectivity index (χ2n) is 5.41. The lowest BCUT2D eigenvalue weighted by molar-refractivity contribution is -0.147. The van der Waals surface area contributed by atoms with Gasteiger partial charge in [0.25, 0.3) is 0 Å². The first-order chi connectivity index (χ1) is 11.2. The van der Waals surface area contributed by atoms with Crippen molar-refractivity contribution in [3.05, 3.63) is 35.9 Å². The van der Waals surface area contributed by atoms with Crippen molar-refractivity contribution < 1.29 is 19.1 Å². The van der Waals surface area contributed by atoms with Crippen LogP contribution in [0.2, 0.25) is 0 Å². The first-order valence-corrected chi connectivity index (χ1v) is 8.18. The number of unbranched alkanes of at least 4 members (excludes halogenated alkanes) is 1. The first-order valence-electron chi connectivity index (χ1n) is 8.18. The molecule has 0 fully saturated rings. The summed E-state index contributed by atoms with van der Waals surface area (Å²) in [5.74, 6) is -0.509. The number of carbonyl (C=O) groups is 2. The zero-order chi connectivity index (χ0) is 16.9. The molecule has 0 aliphatic heterocycles. The average Bonchev–Trinajstić information content (AvgIpc) is 2.58. The number of esters is 2. The van der Waals surface area contributed by atoms with Gasteiger partial charge in [0.2, 0.25) is 0 Å². The van der Waals surface area contributed by atoms with Gasteiger partial charge >= 0.3 is 11.9 Å². The molecule has 1 unspecified atom stereocenters. The number of methoxy groups -OCH3 is 1. The largest absolute Gasteiger partial charge is 0.469 e. The zero-order valence-electron chi connectivity index (χ0n) is 14.0. The van der Waals surface area contributed by atoms with Crippen molar-refractivity contribution in [1.29, 1.82) is 0 Å². The van der Waals surface area contributed by atoms with Gasteiger partial charge in [0.15, 0.2) is 0 Å². The Labute approximate surface area is 138 Å². The van der Waals surface area contributed by atoms with Crippen molar-refractivity contribution in [2.24, 2.45) is 0 Å². The van der Waals surface area contributed by atoms with E-state index in [4.69, 9.17) is 4.74 Å². The molecule has 0 saturated heterocycles. The second kappa shape index (κ2) is 11.7. The third-order valence-electron chi connectivity index (χ3n) is 3.52. The molecule has 1 atom stereocenters. The molecule has 0 saturated carbocycles. The van der Waals surface area contributed by atoms with Gasteiger partial charge in [-0.1, -0.05) is 43.7 Å². The molecule has 5 nitrogen and oxygen atoms in total. The maximum atomic E-state index is 12.2. The van der Waals surface area contributed by atoms with Gasteiger partial charge in [0, 0.05) is 13.0 Å². The van der Waals surface area contributed by atoms with Gasteiger partial charge in [0.1, 0.15) is 6.04 Å². The third-order valence-corrected chi connectivity index (χ3v) is 3.52. The van der Waals surface area contributed by atoms with E-state index in [1.807, 2.05) is 30.3 Å². The average molecular weight is 321 g/mol. The smallest absolute Gasteiger partial charge is 0.323 e. The van der Waals surface area contributed by atoms with E-state index < -0.39 is 6.04 Å². The highest BCUT2D eigenvalue weighted by Crippen LogP contribution is 2.07. The van der Waals surface area contributed by atoms with Crippen LogP contribution in [0.3, 0.4) is 0 Å². The van der Waals surface area contributed by atoms with Gasteiger partial charge in [-0.15, -0.1) is 0 Å². The van der Waals surface area contributed by atoms with Gasteiger partial charge < -0.3 is 14.8 Å². The Kier molecular flexibility index (Phi) is 9.71. The van der Waals surface area contributed by atoms with Crippen molar-refractivity contribution in [3.8, 4) is 0 Å². The summed E-state index contributed by atoms with van der Waals surface area (Å²) in [6.07, 6.45) is 3.29. The number of rotatable bonds is 11. The van der Waals surface area contributed by atoms with E-state index >= 15 is 0 Å². The molecule has 0 radical (unpaired) electrons. The highest BCUT2D eigenvalue weighted by atomic mass is 16.5. The molecule has 1 rings (SSSR count). The minimum Gasteiger partial charge on any atom is -0.469 e. The fourth-order valence-electron chi connectivity index (χ4n) is 2.11. The summed E-state index contributed by atoms with van der Waals surface area (Å²) in [4.78, 5) is 23.4. The van der Waals surface area contributed by atoms with Crippen molar-refractivity contribution in [3.63, 3.8) is 0 Å².